The van der Waals surface area contributed by atoms with Gasteiger partial charge in [-0.15, -0.1) is 12.4 Å². The number of aromatic nitrogens is 2. The number of likely N-dealkylation sites (tertiary alicyclic amines) is 1. The first-order valence-corrected chi connectivity index (χ1v) is 7.38. The van der Waals surface area contributed by atoms with Gasteiger partial charge in [-0.2, -0.15) is 0 Å². The predicted octanol–water partition coefficient (Wildman–Crippen LogP) is 2.46. The molecule has 0 radical (unpaired) electrons. The fourth-order valence-electron chi connectivity index (χ4n) is 2.49. The molecule has 23 heavy (non-hydrogen) atoms. The fraction of sp³-hybridized carbons (Fsp3) is 0.267. The summed E-state index contributed by atoms with van der Waals surface area (Å²) < 4.78 is 0. The van der Waals surface area contributed by atoms with Crippen LogP contribution in [0.4, 0.5) is 11.6 Å². The van der Waals surface area contributed by atoms with Gasteiger partial charge >= 0.3 is 0 Å². The Balaban J connectivity index is 0.00000192. The number of nitrogens with two attached hydrogens (primary N) is 1. The zero-order valence-electron chi connectivity index (χ0n) is 12.3. The van der Waals surface area contributed by atoms with E-state index in [0.29, 0.717) is 35.3 Å². The molecule has 122 valence electrons. The van der Waals surface area contributed by atoms with Crippen LogP contribution in [0.15, 0.2) is 36.7 Å². The van der Waals surface area contributed by atoms with Gasteiger partial charge < -0.3 is 16.0 Å². The molecule has 8 heteroatoms. The van der Waals surface area contributed by atoms with Gasteiger partial charge in [-0.05, 0) is 24.6 Å². The largest absolute Gasteiger partial charge is 0.399 e. The van der Waals surface area contributed by atoms with Gasteiger partial charge in [0, 0.05) is 30.4 Å². The van der Waals surface area contributed by atoms with Crippen molar-refractivity contribution in [1.82, 2.24) is 14.9 Å². The van der Waals surface area contributed by atoms with Crippen LogP contribution >= 0.6 is 24.0 Å². The summed E-state index contributed by atoms with van der Waals surface area (Å²) in [6.45, 7) is 1.30. The molecule has 0 aliphatic carbocycles. The molecule has 0 spiro atoms. The van der Waals surface area contributed by atoms with Crippen LogP contribution in [-0.4, -0.2) is 39.9 Å². The maximum Gasteiger partial charge on any atom is 0.254 e. The Morgan fingerprint density at radius 1 is 1.35 bits per heavy atom. The number of carbonyl (C=O) groups excluding carboxylic acids is 1. The van der Waals surface area contributed by atoms with E-state index in [0.717, 1.165) is 6.42 Å². The zero-order valence-corrected chi connectivity index (χ0v) is 13.8. The molecule has 1 fully saturated rings. The van der Waals surface area contributed by atoms with Crippen LogP contribution in [0.3, 0.4) is 0 Å². The van der Waals surface area contributed by atoms with Crippen LogP contribution in [0.1, 0.15) is 16.8 Å². The zero-order chi connectivity index (χ0) is 15.5. The van der Waals surface area contributed by atoms with Crippen molar-refractivity contribution in [3.05, 3.63) is 47.2 Å². The summed E-state index contributed by atoms with van der Waals surface area (Å²) in [5, 5.41) is 3.71. The first-order chi connectivity index (χ1) is 10.6. The number of rotatable bonds is 3. The number of nitrogen functional groups attached to an aromatic ring is 1. The SMILES string of the molecule is Cl.Nc1cccc(C(=O)N2CC[C@@H](Nc3ncc(Cl)cn3)C2)c1. The molecule has 1 aromatic heterocycles. The van der Waals surface area contributed by atoms with Gasteiger partial charge in [-0.3, -0.25) is 4.79 Å². The summed E-state index contributed by atoms with van der Waals surface area (Å²) in [5.74, 6) is 0.515. The van der Waals surface area contributed by atoms with Crippen molar-refractivity contribution in [2.24, 2.45) is 0 Å². The van der Waals surface area contributed by atoms with Crippen molar-refractivity contribution in [3.8, 4) is 0 Å². The summed E-state index contributed by atoms with van der Waals surface area (Å²) in [4.78, 5) is 22.5. The number of hydrogen-bond acceptors (Lipinski definition) is 5. The first kappa shape index (κ1) is 17.3. The molecule has 1 aromatic carbocycles. The van der Waals surface area contributed by atoms with Crippen LogP contribution in [-0.2, 0) is 0 Å². The first-order valence-electron chi connectivity index (χ1n) is 7.01. The molecule has 6 nitrogen and oxygen atoms in total. The van der Waals surface area contributed by atoms with Crippen molar-refractivity contribution >= 4 is 41.6 Å². The number of nitrogens with zero attached hydrogens (tertiary/aromatic N) is 3. The number of amides is 1. The highest BCUT2D eigenvalue weighted by molar-refractivity contribution is 6.30. The van der Waals surface area contributed by atoms with E-state index >= 15 is 0 Å². The predicted molar refractivity (Wildman–Crippen MR) is 93.1 cm³/mol. The van der Waals surface area contributed by atoms with E-state index in [9.17, 15) is 4.79 Å². The standard InChI is InChI=1S/C15H16ClN5O.ClH/c16-11-7-18-15(19-8-11)20-13-4-5-21(9-13)14(22)10-2-1-3-12(17)6-10;/h1-3,6-8,13H,4-5,9,17H2,(H,18,19,20);1H/t13-;/m1./s1. The van der Waals surface area contributed by atoms with Gasteiger partial charge in [-0.1, -0.05) is 17.7 Å². The number of nitrogens with one attached hydrogen (secondary N) is 1. The van der Waals surface area contributed by atoms with E-state index in [1.165, 1.54) is 0 Å². The molecule has 3 rings (SSSR count). The van der Waals surface area contributed by atoms with Crippen molar-refractivity contribution < 1.29 is 4.79 Å². The Morgan fingerprint density at radius 3 is 2.78 bits per heavy atom. The third-order valence-corrected chi connectivity index (χ3v) is 3.76. The summed E-state index contributed by atoms with van der Waals surface area (Å²) in [6, 6.07) is 7.16. The molecule has 1 amide bonds. The van der Waals surface area contributed by atoms with Crippen molar-refractivity contribution in [2.75, 3.05) is 24.1 Å². The highest BCUT2D eigenvalue weighted by Crippen LogP contribution is 2.17. The van der Waals surface area contributed by atoms with E-state index in [-0.39, 0.29) is 24.4 Å². The molecular formula is C15H17Cl2N5O. The Morgan fingerprint density at radius 2 is 2.09 bits per heavy atom. The number of halogens is 2. The second kappa shape index (κ2) is 7.48. The van der Waals surface area contributed by atoms with Gasteiger partial charge in [0.05, 0.1) is 17.4 Å². The summed E-state index contributed by atoms with van der Waals surface area (Å²) in [5.41, 5.74) is 6.93. The minimum atomic E-state index is -0.00590. The Bertz CT molecular complexity index is 680. The van der Waals surface area contributed by atoms with Crippen LogP contribution in [0.2, 0.25) is 5.02 Å². The van der Waals surface area contributed by atoms with E-state index in [1.807, 2.05) is 4.90 Å². The van der Waals surface area contributed by atoms with Crippen molar-refractivity contribution in [3.63, 3.8) is 0 Å². The Labute approximate surface area is 145 Å². The van der Waals surface area contributed by atoms with Gasteiger partial charge in [0.25, 0.3) is 5.91 Å². The van der Waals surface area contributed by atoms with Crippen molar-refractivity contribution in [2.45, 2.75) is 12.5 Å². The van der Waals surface area contributed by atoms with E-state index in [1.54, 1.807) is 36.7 Å². The number of hydrogen-bond donors (Lipinski definition) is 2. The summed E-state index contributed by atoms with van der Waals surface area (Å²) in [6.07, 6.45) is 3.93. The summed E-state index contributed by atoms with van der Waals surface area (Å²) in [7, 11) is 0. The molecule has 0 bridgehead atoms. The lowest BCUT2D eigenvalue weighted by molar-refractivity contribution is 0.0791. The van der Waals surface area contributed by atoms with Crippen LogP contribution in [0.5, 0.6) is 0 Å². The molecule has 3 N–H and O–H groups in total. The Hall–Kier alpha value is -2.05. The maximum absolute atomic E-state index is 12.4. The topological polar surface area (TPSA) is 84.1 Å². The van der Waals surface area contributed by atoms with E-state index in [4.69, 9.17) is 17.3 Å². The monoisotopic (exact) mass is 353 g/mol. The average molecular weight is 354 g/mol. The molecule has 1 atom stereocenters. The van der Waals surface area contributed by atoms with Gasteiger partial charge in [-0.25, -0.2) is 9.97 Å². The number of anilines is 2. The molecule has 0 unspecified atom stereocenters. The third-order valence-electron chi connectivity index (χ3n) is 3.56. The Kier molecular flexibility index (Phi) is 5.63. The summed E-state index contributed by atoms with van der Waals surface area (Å²) >= 11 is 5.76. The number of carbonyl (C=O) groups is 1. The van der Waals surface area contributed by atoms with Crippen LogP contribution < -0.4 is 11.1 Å². The second-order valence-electron chi connectivity index (χ2n) is 5.23. The lowest BCUT2D eigenvalue weighted by Crippen LogP contribution is -2.31. The van der Waals surface area contributed by atoms with E-state index < -0.39 is 0 Å². The van der Waals surface area contributed by atoms with E-state index in [2.05, 4.69) is 15.3 Å². The average Bonchev–Trinajstić information content (AvgIpc) is 2.97. The minimum Gasteiger partial charge on any atom is -0.399 e. The van der Waals surface area contributed by atoms with Crippen LogP contribution in [0.25, 0.3) is 0 Å². The smallest absolute Gasteiger partial charge is 0.254 e. The molecular weight excluding hydrogens is 337 g/mol. The van der Waals surface area contributed by atoms with Crippen molar-refractivity contribution in [1.29, 1.82) is 0 Å². The molecule has 1 aliphatic heterocycles. The number of benzene rings is 1. The molecule has 2 heterocycles. The fourth-order valence-corrected chi connectivity index (χ4v) is 2.58. The lowest BCUT2D eigenvalue weighted by Gasteiger charge is -2.17. The maximum atomic E-state index is 12.4. The second-order valence-corrected chi connectivity index (χ2v) is 5.67. The molecule has 1 saturated heterocycles. The third kappa shape index (κ3) is 4.24. The molecule has 0 saturated carbocycles. The lowest BCUT2D eigenvalue weighted by atomic mass is 10.2. The van der Waals surface area contributed by atoms with Crippen LogP contribution in [0, 0.1) is 0 Å². The molecule has 1 aliphatic rings. The molecule has 2 aromatic rings. The normalized spacial score (nSPS) is 16.7. The highest BCUT2D eigenvalue weighted by atomic mass is 35.5. The quantitative estimate of drug-likeness (QED) is 0.828. The highest BCUT2D eigenvalue weighted by Gasteiger charge is 2.27. The minimum absolute atomic E-state index is 0. The van der Waals surface area contributed by atoms with Gasteiger partial charge in [0.15, 0.2) is 0 Å². The van der Waals surface area contributed by atoms with Gasteiger partial charge in [0.1, 0.15) is 0 Å². The van der Waals surface area contributed by atoms with Gasteiger partial charge in [0.2, 0.25) is 5.95 Å².